The molecule has 7 amide bonds. The first kappa shape index (κ1) is 81.3. The van der Waals surface area contributed by atoms with E-state index in [0.29, 0.717) is 25.0 Å². The number of nitriles is 1. The van der Waals surface area contributed by atoms with Gasteiger partial charge in [0, 0.05) is 65.9 Å². The van der Waals surface area contributed by atoms with Crippen LogP contribution in [0.3, 0.4) is 0 Å². The number of nitrogens with one attached hydrogen (secondary N) is 5. The van der Waals surface area contributed by atoms with E-state index >= 15 is 0 Å². The Kier molecular flexibility index (Phi) is 27.7. The molecule has 1 unspecified atom stereocenters. The van der Waals surface area contributed by atoms with Gasteiger partial charge in [-0.25, -0.2) is 9.59 Å². The van der Waals surface area contributed by atoms with Gasteiger partial charge in [0.2, 0.25) is 23.6 Å². The minimum absolute atomic E-state index is 0. The van der Waals surface area contributed by atoms with Gasteiger partial charge in [-0.2, -0.15) is 5.26 Å². The van der Waals surface area contributed by atoms with E-state index in [1.807, 2.05) is 45.6 Å². The fourth-order valence-electron chi connectivity index (χ4n) is 18.3. The second-order valence-electron chi connectivity index (χ2n) is 34.2. The zero-order valence-corrected chi connectivity index (χ0v) is 65.9. The lowest BCUT2D eigenvalue weighted by Gasteiger charge is -2.47. The number of urea groups is 1. The average Bonchev–Trinajstić information content (AvgIpc) is 1.29. The molecule has 4 saturated heterocycles. The highest BCUT2D eigenvalue weighted by molar-refractivity contribution is 5.78. The van der Waals surface area contributed by atoms with Crippen molar-refractivity contribution in [1.29, 1.82) is 5.26 Å². The van der Waals surface area contributed by atoms with Gasteiger partial charge in [0.1, 0.15) is 5.60 Å². The van der Waals surface area contributed by atoms with Crippen molar-refractivity contribution < 1.29 is 40.6 Å². The number of ether oxygens (including phenoxy) is 1. The van der Waals surface area contributed by atoms with Crippen molar-refractivity contribution in [3.05, 3.63) is 141 Å². The summed E-state index contributed by atoms with van der Waals surface area (Å²) < 4.78 is 5.52. The molecule has 4 spiro atoms. The number of nitrogens with zero attached hydrogens (tertiary/aromatic N) is 6. The number of unbranched alkanes of at least 4 members (excludes halogenated alkanes) is 1. The molecule has 12 rings (SSSR count). The molecule has 0 saturated carbocycles. The standard InChI is InChI=1S/C24H35N3O.C22H35N3O.C21H30N2O3.C20H25N3O2.5H2/c1-19(28)26-22-10-12-24(21-9-5-4-8-20(21)22)13-16-27(17-14-24)15-7-6-11-23(2,3)18-25;1-17(2)10-14-25-15-12-22(13-16-25)11-9-20(23-21(26)24(3)4)18-7-5-6-8-19(18)22;1-14-6-7-17-16(12-14)18(22-15(2)24)13-21(17)8-10-23(11-9-21)19(25)26-20(3,4)5;1-3-10-21-19(25)14-23-11-8-20(9-12-23)13-18(22-15(2)24)16-6-4-5-7-17(16)20;;;;;/h4-5,8-9,22H,6-7,10-17H2,1-3H3,(H,26,28);5-8,17,20H,9-16H2,1-4H3,(H,23,26);6-7,12,18H,8-11,13H2,1-5H3,(H,22,24);1,4-7,18H,8-14H2,2H3,(H,21,25)(H,22,24);5*1H/t22-;;2*18-;;;;;/m0.00...../s1. The first-order valence-corrected chi connectivity index (χ1v) is 39.3. The molecule has 4 aliphatic carbocycles. The Morgan fingerprint density at radius 2 is 1.00 bits per heavy atom. The molecule has 4 aromatic rings. The first-order chi connectivity index (χ1) is 49.9. The van der Waals surface area contributed by atoms with Gasteiger partial charge in [0.15, 0.2) is 0 Å². The topological polar surface area (TPSA) is 212 Å². The Morgan fingerprint density at radius 1 is 0.571 bits per heavy atom. The number of hydrogen-bond acceptors (Lipinski definition) is 11. The Balaban J connectivity index is 0.000000305. The van der Waals surface area contributed by atoms with Crippen LogP contribution < -0.4 is 26.6 Å². The molecule has 4 aromatic carbocycles. The smallest absolute Gasteiger partial charge is 0.410 e. The third kappa shape index (κ3) is 21.1. The fraction of sp³-hybridized carbons (Fsp3) is 0.621. The van der Waals surface area contributed by atoms with Gasteiger partial charge in [0.25, 0.3) is 0 Å². The van der Waals surface area contributed by atoms with E-state index in [-0.39, 0.29) is 95.3 Å². The van der Waals surface area contributed by atoms with Crippen molar-refractivity contribution in [3.8, 4) is 18.4 Å². The number of rotatable bonds is 15. The van der Waals surface area contributed by atoms with Gasteiger partial charge >= 0.3 is 12.1 Å². The van der Waals surface area contributed by atoms with E-state index in [1.165, 1.54) is 121 Å². The molecule has 0 radical (unpaired) electrons. The molecular formula is C87H135N11O7. The van der Waals surface area contributed by atoms with Gasteiger partial charge in [0.05, 0.1) is 48.7 Å². The molecule has 4 heterocycles. The molecule has 8 aliphatic rings. The van der Waals surface area contributed by atoms with Crippen LogP contribution in [-0.4, -0.2) is 158 Å². The van der Waals surface area contributed by atoms with Crippen LogP contribution >= 0.6 is 0 Å². The molecular weight excluding hydrogens is 1310 g/mol. The van der Waals surface area contributed by atoms with Crippen LogP contribution in [-0.2, 0) is 45.6 Å². The quantitative estimate of drug-likeness (QED) is 0.0558. The predicted molar refractivity (Wildman–Crippen MR) is 429 cm³/mol. The van der Waals surface area contributed by atoms with Crippen LogP contribution in [0.15, 0.2) is 91.0 Å². The largest absolute Gasteiger partial charge is 0.444 e. The minimum atomic E-state index is -0.472. The van der Waals surface area contributed by atoms with Gasteiger partial charge in [-0.15, -0.1) is 6.42 Å². The van der Waals surface area contributed by atoms with Crippen LogP contribution in [0.2, 0.25) is 0 Å². The monoisotopic (exact) mass is 1450 g/mol. The van der Waals surface area contributed by atoms with Gasteiger partial charge in [-0.1, -0.05) is 123 Å². The Labute approximate surface area is 636 Å². The van der Waals surface area contributed by atoms with Crippen LogP contribution in [0.5, 0.6) is 0 Å². The highest BCUT2D eigenvalue weighted by atomic mass is 16.6. The zero-order valence-electron chi connectivity index (χ0n) is 65.9. The third-order valence-electron chi connectivity index (χ3n) is 24.1. The lowest BCUT2D eigenvalue weighted by atomic mass is 9.63. The summed E-state index contributed by atoms with van der Waals surface area (Å²) in [7, 11) is 3.61. The average molecular weight is 1450 g/mol. The van der Waals surface area contributed by atoms with E-state index in [9.17, 15) is 28.8 Å². The third-order valence-corrected chi connectivity index (χ3v) is 24.1. The lowest BCUT2D eigenvalue weighted by Crippen LogP contribution is -2.47. The minimum Gasteiger partial charge on any atom is -0.444 e. The Morgan fingerprint density at radius 3 is 1.48 bits per heavy atom. The summed E-state index contributed by atoms with van der Waals surface area (Å²) in [4.78, 5) is 82.1. The number of hydrogen-bond donors (Lipinski definition) is 5. The second-order valence-corrected chi connectivity index (χ2v) is 34.2. The number of amides is 7. The van der Waals surface area contributed by atoms with E-state index in [4.69, 9.17) is 16.4 Å². The number of carbonyl (C=O) groups is 6. The number of carbonyl (C=O) groups excluding carboxylic acids is 6. The number of aryl methyl sites for hydroxylation is 1. The summed E-state index contributed by atoms with van der Waals surface area (Å²) in [6.45, 7) is 32.1. The summed E-state index contributed by atoms with van der Waals surface area (Å²) in [6.07, 6.45) is 24.5. The molecule has 4 fully saturated rings. The summed E-state index contributed by atoms with van der Waals surface area (Å²) in [6, 6.07) is 35.5. The van der Waals surface area contributed by atoms with Gasteiger partial charge in [-0.3, -0.25) is 24.1 Å². The van der Waals surface area contributed by atoms with Crippen molar-refractivity contribution in [2.24, 2.45) is 11.3 Å². The van der Waals surface area contributed by atoms with E-state index in [1.54, 1.807) is 39.8 Å². The van der Waals surface area contributed by atoms with E-state index < -0.39 is 5.60 Å². The Bertz CT molecular complexity index is 3740. The van der Waals surface area contributed by atoms with Crippen LogP contribution in [0.4, 0.5) is 9.59 Å². The molecule has 4 atom stereocenters. The molecule has 4 aliphatic heterocycles. The molecule has 5 N–H and O–H groups in total. The van der Waals surface area contributed by atoms with Crippen molar-refractivity contribution in [3.63, 3.8) is 0 Å². The second kappa shape index (κ2) is 35.8. The van der Waals surface area contributed by atoms with Gasteiger partial charge < -0.3 is 50.9 Å². The lowest BCUT2D eigenvalue weighted by molar-refractivity contribution is -0.123. The number of benzene rings is 4. The van der Waals surface area contributed by atoms with Crippen molar-refractivity contribution >= 4 is 35.8 Å². The SMILES string of the molecule is C#CCNC(=O)CN1CCC2(CC1)C[C@H](NC(C)=O)c1ccccc12.CC(=O)N[C@H]1CC2(CCN(C(=O)OC(C)(C)C)CC2)c2ccc(C)cc21.CC(=O)N[C@H]1CCC2(CCN(CCCCC(C)(C)C#N)CC2)c2ccccc21.CC(C)CCN1CCC2(CCC(NC(=O)N(C)C)c3ccccc32)CC1.[HH].[HH].[HH].[HH].[HH]. The molecule has 18 nitrogen and oxygen atoms in total. The van der Waals surface area contributed by atoms with Crippen molar-refractivity contribution in [1.82, 2.24) is 51.1 Å². The van der Waals surface area contributed by atoms with Crippen molar-refractivity contribution in [2.75, 3.05) is 92.6 Å². The normalized spacial score (nSPS) is 21.7. The maximum Gasteiger partial charge on any atom is 0.410 e. The maximum absolute atomic E-state index is 12.4. The molecule has 0 bridgehead atoms. The molecule has 580 valence electrons. The van der Waals surface area contributed by atoms with Crippen LogP contribution in [0.25, 0.3) is 0 Å². The molecule has 18 heteroatoms. The first-order valence-electron chi connectivity index (χ1n) is 39.3. The van der Waals surface area contributed by atoms with Crippen LogP contribution in [0.1, 0.15) is 266 Å². The number of likely N-dealkylation sites (tertiary alicyclic amines) is 4. The summed E-state index contributed by atoms with van der Waals surface area (Å²) in [5.41, 5.74) is 12.1. The highest BCUT2D eigenvalue weighted by Crippen LogP contribution is 2.54. The maximum atomic E-state index is 12.4. The number of terminal acetylenes is 1. The zero-order chi connectivity index (χ0) is 75.9. The highest BCUT2D eigenvalue weighted by Gasteiger charge is 2.49. The van der Waals surface area contributed by atoms with Gasteiger partial charge in [-0.05, 0) is 264 Å². The molecule has 105 heavy (non-hydrogen) atoms. The predicted octanol–water partition coefficient (Wildman–Crippen LogP) is 15.3. The summed E-state index contributed by atoms with van der Waals surface area (Å²) >= 11 is 0. The number of piperidine rings is 4. The number of fused-ring (bicyclic) bond motifs is 8. The fourth-order valence-corrected chi connectivity index (χ4v) is 18.3. The summed E-state index contributed by atoms with van der Waals surface area (Å²) in [5.74, 6) is 3.26. The van der Waals surface area contributed by atoms with E-state index in [0.717, 1.165) is 103 Å². The summed E-state index contributed by atoms with van der Waals surface area (Å²) in [5, 5.41) is 24.4. The van der Waals surface area contributed by atoms with Crippen LogP contribution in [0, 0.1) is 41.9 Å². The van der Waals surface area contributed by atoms with Crippen molar-refractivity contribution in [2.45, 2.75) is 243 Å². The Hall–Kier alpha value is -7.77. The molecule has 0 aromatic heterocycles. The van der Waals surface area contributed by atoms with E-state index in [2.05, 4.69) is 159 Å².